The quantitative estimate of drug-likeness (QED) is 0.870. The van der Waals surface area contributed by atoms with E-state index < -0.39 is 0 Å². The van der Waals surface area contributed by atoms with Crippen LogP contribution in [0.4, 0.5) is 4.39 Å². The van der Waals surface area contributed by atoms with Gasteiger partial charge in [0.15, 0.2) is 0 Å². The van der Waals surface area contributed by atoms with Gasteiger partial charge in [-0.15, -0.1) is 0 Å². The van der Waals surface area contributed by atoms with Gasteiger partial charge in [-0.1, -0.05) is 38.1 Å². The Morgan fingerprint density at radius 3 is 2.38 bits per heavy atom. The molecule has 0 bridgehead atoms. The molecule has 0 atom stereocenters. The largest absolute Gasteiger partial charge is 0.489 e. The monoisotopic (exact) mass is 287 g/mol. The highest BCUT2D eigenvalue weighted by Gasteiger charge is 2.03. The smallest absolute Gasteiger partial charge is 0.127 e. The van der Waals surface area contributed by atoms with Crippen molar-refractivity contribution in [2.45, 2.75) is 32.8 Å². The lowest BCUT2D eigenvalue weighted by atomic mass is 10.0. The van der Waals surface area contributed by atoms with Gasteiger partial charge >= 0.3 is 0 Å². The summed E-state index contributed by atoms with van der Waals surface area (Å²) in [4.78, 5) is 0. The summed E-state index contributed by atoms with van der Waals surface area (Å²) in [5.74, 6) is 0.777. The second-order valence-corrected chi connectivity index (χ2v) is 5.52. The van der Waals surface area contributed by atoms with Crippen LogP contribution in [-0.2, 0) is 13.0 Å². The highest BCUT2D eigenvalue weighted by Crippen LogP contribution is 2.19. The van der Waals surface area contributed by atoms with Gasteiger partial charge < -0.3 is 10.5 Å². The summed E-state index contributed by atoms with van der Waals surface area (Å²) in [6.45, 7) is 5.26. The summed E-state index contributed by atoms with van der Waals surface area (Å²) in [5.41, 5.74) is 8.74. The molecule has 2 rings (SSSR count). The molecule has 0 aliphatic carbocycles. The van der Waals surface area contributed by atoms with Crippen molar-refractivity contribution in [2.75, 3.05) is 6.54 Å². The maximum Gasteiger partial charge on any atom is 0.127 e. The van der Waals surface area contributed by atoms with E-state index in [4.69, 9.17) is 10.5 Å². The van der Waals surface area contributed by atoms with Gasteiger partial charge in [0.05, 0.1) is 0 Å². The second kappa shape index (κ2) is 7.23. The molecule has 0 fully saturated rings. The molecule has 0 aromatic heterocycles. The van der Waals surface area contributed by atoms with Crippen LogP contribution >= 0.6 is 0 Å². The van der Waals surface area contributed by atoms with Gasteiger partial charge in [0.1, 0.15) is 18.2 Å². The highest BCUT2D eigenvalue weighted by atomic mass is 19.1. The van der Waals surface area contributed by atoms with Crippen LogP contribution in [-0.4, -0.2) is 6.54 Å². The van der Waals surface area contributed by atoms with Crippen LogP contribution in [0, 0.1) is 5.82 Å². The number of halogens is 1. The number of nitrogens with two attached hydrogens (primary N) is 1. The first-order chi connectivity index (χ1) is 10.1. The van der Waals surface area contributed by atoms with E-state index in [9.17, 15) is 4.39 Å². The fourth-order valence-electron chi connectivity index (χ4n) is 2.18. The Morgan fingerprint density at radius 1 is 1.05 bits per heavy atom. The van der Waals surface area contributed by atoms with E-state index in [1.54, 1.807) is 0 Å². The summed E-state index contributed by atoms with van der Waals surface area (Å²) in [7, 11) is 0. The Morgan fingerprint density at radius 2 is 1.76 bits per heavy atom. The van der Waals surface area contributed by atoms with E-state index in [0.717, 1.165) is 11.1 Å². The molecule has 0 heterocycles. The lowest BCUT2D eigenvalue weighted by Crippen LogP contribution is -2.04. The molecular weight excluding hydrogens is 265 g/mol. The zero-order valence-electron chi connectivity index (χ0n) is 12.6. The molecule has 0 spiro atoms. The Hall–Kier alpha value is -1.87. The fraction of sp³-hybridized carbons (Fsp3) is 0.333. The molecule has 0 amide bonds. The average molecular weight is 287 g/mol. The SMILES string of the molecule is CC(C)c1ccc(COc2cc(F)cc(CCN)c2)cc1. The van der Waals surface area contributed by atoms with Gasteiger partial charge in [-0.05, 0) is 47.7 Å². The van der Waals surface area contributed by atoms with Crippen LogP contribution in [0.3, 0.4) is 0 Å². The van der Waals surface area contributed by atoms with Crippen molar-refractivity contribution in [3.8, 4) is 5.75 Å². The molecule has 0 saturated heterocycles. The van der Waals surface area contributed by atoms with Gasteiger partial charge in [0.25, 0.3) is 0 Å². The second-order valence-electron chi connectivity index (χ2n) is 5.52. The third kappa shape index (κ3) is 4.57. The summed E-state index contributed by atoms with van der Waals surface area (Å²) in [6, 6.07) is 13.1. The number of ether oxygens (including phenoxy) is 1. The third-order valence-electron chi connectivity index (χ3n) is 3.42. The van der Waals surface area contributed by atoms with Crippen molar-refractivity contribution in [1.82, 2.24) is 0 Å². The molecule has 0 radical (unpaired) electrons. The van der Waals surface area contributed by atoms with Gasteiger partial charge in [0.2, 0.25) is 0 Å². The van der Waals surface area contributed by atoms with Crippen LogP contribution in [0.25, 0.3) is 0 Å². The molecule has 2 nitrogen and oxygen atoms in total. The van der Waals surface area contributed by atoms with Crippen molar-refractivity contribution < 1.29 is 9.13 Å². The highest BCUT2D eigenvalue weighted by molar-refractivity contribution is 5.30. The molecule has 2 N–H and O–H groups in total. The predicted molar refractivity (Wildman–Crippen MR) is 84.0 cm³/mol. The first kappa shape index (κ1) is 15.5. The Kier molecular flexibility index (Phi) is 5.34. The standard InChI is InChI=1S/C18H22FNO/c1-13(2)16-5-3-14(4-6-16)12-21-18-10-15(7-8-20)9-17(19)11-18/h3-6,9-11,13H,7-8,12,20H2,1-2H3. The van der Waals surface area contributed by atoms with E-state index in [0.29, 0.717) is 31.2 Å². The van der Waals surface area contributed by atoms with Crippen molar-refractivity contribution in [2.24, 2.45) is 5.73 Å². The van der Waals surface area contributed by atoms with E-state index in [2.05, 4.69) is 38.1 Å². The molecule has 0 unspecified atom stereocenters. The first-order valence-corrected chi connectivity index (χ1v) is 7.29. The predicted octanol–water partition coefficient (Wildman–Crippen LogP) is 4.03. The van der Waals surface area contributed by atoms with Gasteiger partial charge in [0, 0.05) is 6.07 Å². The van der Waals surface area contributed by atoms with E-state index in [1.165, 1.54) is 17.7 Å². The van der Waals surface area contributed by atoms with Crippen molar-refractivity contribution >= 4 is 0 Å². The molecule has 21 heavy (non-hydrogen) atoms. The molecule has 2 aromatic carbocycles. The topological polar surface area (TPSA) is 35.2 Å². The third-order valence-corrected chi connectivity index (χ3v) is 3.42. The van der Waals surface area contributed by atoms with Gasteiger partial charge in [-0.25, -0.2) is 4.39 Å². The maximum absolute atomic E-state index is 13.5. The zero-order valence-corrected chi connectivity index (χ0v) is 12.6. The molecule has 112 valence electrons. The molecule has 2 aromatic rings. The average Bonchev–Trinajstić information content (AvgIpc) is 2.45. The lowest BCUT2D eigenvalue weighted by Gasteiger charge is -2.10. The van der Waals surface area contributed by atoms with Crippen LogP contribution < -0.4 is 10.5 Å². The normalized spacial score (nSPS) is 10.9. The molecule has 3 heteroatoms. The number of hydrogen-bond acceptors (Lipinski definition) is 2. The van der Waals surface area contributed by atoms with Crippen molar-refractivity contribution in [3.05, 3.63) is 65.0 Å². The van der Waals surface area contributed by atoms with Gasteiger partial charge in [-0.3, -0.25) is 0 Å². The fourth-order valence-corrected chi connectivity index (χ4v) is 2.18. The van der Waals surface area contributed by atoms with E-state index in [1.807, 2.05) is 6.07 Å². The van der Waals surface area contributed by atoms with Gasteiger partial charge in [-0.2, -0.15) is 0 Å². The minimum Gasteiger partial charge on any atom is -0.489 e. The summed E-state index contributed by atoms with van der Waals surface area (Å²) >= 11 is 0. The van der Waals surface area contributed by atoms with Crippen molar-refractivity contribution in [3.63, 3.8) is 0 Å². The maximum atomic E-state index is 13.5. The Labute approximate surface area is 125 Å². The molecular formula is C18H22FNO. The Bertz CT molecular complexity index is 578. The first-order valence-electron chi connectivity index (χ1n) is 7.29. The van der Waals surface area contributed by atoms with Crippen LogP contribution in [0.2, 0.25) is 0 Å². The molecule has 0 aliphatic heterocycles. The Balaban J connectivity index is 2.02. The molecule has 0 saturated carbocycles. The zero-order chi connectivity index (χ0) is 15.2. The summed E-state index contributed by atoms with van der Waals surface area (Å²) < 4.78 is 19.2. The van der Waals surface area contributed by atoms with E-state index >= 15 is 0 Å². The minimum absolute atomic E-state index is 0.286. The number of hydrogen-bond donors (Lipinski definition) is 1. The number of rotatable bonds is 6. The molecule has 0 aliphatic rings. The summed E-state index contributed by atoms with van der Waals surface area (Å²) in [6.07, 6.45) is 0.650. The number of benzene rings is 2. The lowest BCUT2D eigenvalue weighted by molar-refractivity contribution is 0.304. The van der Waals surface area contributed by atoms with Crippen molar-refractivity contribution in [1.29, 1.82) is 0 Å². The van der Waals surface area contributed by atoms with Crippen LogP contribution in [0.15, 0.2) is 42.5 Å². The van der Waals surface area contributed by atoms with Crippen LogP contribution in [0.5, 0.6) is 5.75 Å². The van der Waals surface area contributed by atoms with Crippen LogP contribution in [0.1, 0.15) is 36.5 Å². The summed E-state index contributed by atoms with van der Waals surface area (Å²) in [5, 5.41) is 0. The van der Waals surface area contributed by atoms with E-state index in [-0.39, 0.29) is 5.82 Å². The minimum atomic E-state index is -0.286.